The lowest BCUT2D eigenvalue weighted by atomic mass is 9.86. The Bertz CT molecular complexity index is 173. The minimum atomic E-state index is -0.745. The second-order valence-corrected chi connectivity index (χ2v) is 4.97. The maximum Gasteiger partial charge on any atom is 0.303 e. The molecule has 0 aromatic carbocycles. The normalized spacial score (nSPS) is 12.6. The minimum absolute atomic E-state index is 0.00768. The lowest BCUT2D eigenvalue weighted by Crippen LogP contribution is -2.39. The first-order valence-corrected chi connectivity index (χ1v) is 6.26. The van der Waals surface area contributed by atoms with Crippen LogP contribution >= 0.6 is 0 Å². The average Bonchev–Trinajstić information content (AvgIpc) is 2.17. The van der Waals surface area contributed by atoms with Crippen molar-refractivity contribution in [2.75, 3.05) is 0 Å². The molecule has 0 spiro atoms. The summed E-state index contributed by atoms with van der Waals surface area (Å²) >= 11 is 0. The van der Waals surface area contributed by atoms with Crippen molar-refractivity contribution in [3.8, 4) is 0 Å². The van der Waals surface area contributed by atoms with E-state index in [2.05, 4.69) is 27.7 Å². The molecule has 1 unspecified atom stereocenters. The van der Waals surface area contributed by atoms with Gasteiger partial charge in [-0.2, -0.15) is 0 Å². The Balaban J connectivity index is 0. The zero-order chi connectivity index (χ0) is 13.2. The molecule has 0 fully saturated rings. The molecule has 3 heteroatoms. The summed E-state index contributed by atoms with van der Waals surface area (Å²) < 4.78 is 0. The van der Waals surface area contributed by atoms with Gasteiger partial charge in [-0.25, -0.2) is 0 Å². The molecular formula is C13H29NO2. The zero-order valence-electron chi connectivity index (χ0n) is 11.5. The van der Waals surface area contributed by atoms with Crippen LogP contribution in [0.1, 0.15) is 66.7 Å². The topological polar surface area (TPSA) is 63.3 Å². The van der Waals surface area contributed by atoms with Crippen LogP contribution in [0.2, 0.25) is 0 Å². The van der Waals surface area contributed by atoms with Gasteiger partial charge in [0.1, 0.15) is 0 Å². The molecule has 16 heavy (non-hydrogen) atoms. The molecular weight excluding hydrogens is 202 g/mol. The van der Waals surface area contributed by atoms with E-state index in [1.807, 2.05) is 0 Å². The predicted octanol–water partition coefficient (Wildman–Crippen LogP) is 3.42. The van der Waals surface area contributed by atoms with Crippen LogP contribution in [0, 0.1) is 5.92 Å². The van der Waals surface area contributed by atoms with Crippen molar-refractivity contribution < 1.29 is 9.90 Å². The number of carbonyl (C=O) groups is 1. The van der Waals surface area contributed by atoms with Crippen LogP contribution in [0.5, 0.6) is 0 Å². The Kier molecular flexibility index (Phi) is 10.7. The first-order valence-electron chi connectivity index (χ1n) is 6.26. The molecule has 3 N–H and O–H groups in total. The third kappa shape index (κ3) is 13.4. The van der Waals surface area contributed by atoms with Gasteiger partial charge in [-0.15, -0.1) is 0 Å². The second-order valence-electron chi connectivity index (χ2n) is 4.97. The highest BCUT2D eigenvalue weighted by molar-refractivity contribution is 5.66. The van der Waals surface area contributed by atoms with Crippen LogP contribution in [-0.2, 0) is 4.79 Å². The summed E-state index contributed by atoms with van der Waals surface area (Å²) in [6, 6.07) is 0. The lowest BCUT2D eigenvalue weighted by molar-refractivity contribution is -0.136. The largest absolute Gasteiger partial charge is 0.481 e. The van der Waals surface area contributed by atoms with E-state index in [1.54, 1.807) is 6.92 Å². The van der Waals surface area contributed by atoms with Gasteiger partial charge in [0.05, 0.1) is 0 Å². The van der Waals surface area contributed by atoms with E-state index >= 15 is 0 Å². The molecule has 0 aliphatic carbocycles. The highest BCUT2D eigenvalue weighted by Crippen LogP contribution is 2.19. The van der Waals surface area contributed by atoms with Gasteiger partial charge in [0.25, 0.3) is 0 Å². The molecule has 0 rings (SSSR count). The van der Waals surface area contributed by atoms with E-state index < -0.39 is 5.97 Å². The van der Waals surface area contributed by atoms with E-state index in [0.717, 1.165) is 0 Å². The number of aliphatic carboxylic acids is 1. The van der Waals surface area contributed by atoms with E-state index in [1.165, 1.54) is 25.7 Å². The summed E-state index contributed by atoms with van der Waals surface area (Å²) in [6.07, 6.45) is 5.48. The van der Waals surface area contributed by atoms with Gasteiger partial charge in [-0.3, -0.25) is 4.79 Å². The molecule has 0 heterocycles. The average molecular weight is 231 g/mol. The van der Waals surface area contributed by atoms with Crippen molar-refractivity contribution >= 4 is 5.97 Å². The van der Waals surface area contributed by atoms with Crippen LogP contribution in [-0.4, -0.2) is 16.6 Å². The molecule has 0 aliphatic rings. The van der Waals surface area contributed by atoms with Gasteiger partial charge in [-0.1, -0.05) is 40.0 Å². The summed E-state index contributed by atoms with van der Waals surface area (Å²) in [6.45, 7) is 10.3. The zero-order valence-corrected chi connectivity index (χ0v) is 11.5. The molecule has 0 aliphatic heterocycles. The monoisotopic (exact) mass is 231 g/mol. The van der Waals surface area contributed by atoms with Crippen molar-refractivity contribution in [3.05, 3.63) is 0 Å². The van der Waals surface area contributed by atoms with Crippen molar-refractivity contribution in [1.82, 2.24) is 0 Å². The number of carboxylic acids is 1. The Morgan fingerprint density at radius 1 is 1.31 bits per heavy atom. The van der Waals surface area contributed by atoms with Gasteiger partial charge in [0.15, 0.2) is 0 Å². The molecule has 0 saturated heterocycles. The summed E-state index contributed by atoms with van der Waals surface area (Å²) in [5, 5.41) is 7.72. The number of hydrogen-bond acceptors (Lipinski definition) is 2. The first kappa shape index (κ1) is 17.8. The Labute approximate surface area is 100 Å². The lowest BCUT2D eigenvalue weighted by Gasteiger charge is -2.27. The van der Waals surface area contributed by atoms with Gasteiger partial charge in [0, 0.05) is 12.0 Å². The van der Waals surface area contributed by atoms with Crippen LogP contribution < -0.4 is 5.73 Å². The van der Waals surface area contributed by atoms with Gasteiger partial charge >= 0.3 is 5.97 Å². The molecule has 98 valence electrons. The molecule has 0 amide bonds. The number of hydrogen-bond donors (Lipinski definition) is 2. The van der Waals surface area contributed by atoms with Crippen LogP contribution in [0.25, 0.3) is 0 Å². The summed E-state index contributed by atoms with van der Waals surface area (Å²) in [5.41, 5.74) is 5.97. The number of nitrogens with two attached hydrogens (primary N) is 1. The van der Waals surface area contributed by atoms with Crippen molar-refractivity contribution in [1.29, 1.82) is 0 Å². The number of unbranched alkanes of at least 4 members (excludes halogenated alkanes) is 2. The molecule has 0 radical (unpaired) electrons. The number of rotatable bonds is 6. The molecule has 1 atom stereocenters. The van der Waals surface area contributed by atoms with Crippen LogP contribution in [0.4, 0.5) is 0 Å². The van der Waals surface area contributed by atoms with Crippen molar-refractivity contribution in [3.63, 3.8) is 0 Å². The highest BCUT2D eigenvalue weighted by Gasteiger charge is 2.19. The number of carboxylic acid groups (broad SMARTS) is 1. The van der Waals surface area contributed by atoms with Gasteiger partial charge < -0.3 is 10.8 Å². The van der Waals surface area contributed by atoms with Gasteiger partial charge in [0.2, 0.25) is 0 Å². The quantitative estimate of drug-likeness (QED) is 0.688. The van der Waals surface area contributed by atoms with E-state index in [-0.39, 0.29) is 12.0 Å². The molecule has 0 bridgehead atoms. The maximum absolute atomic E-state index is 9.37. The molecule has 0 aromatic rings. The van der Waals surface area contributed by atoms with Gasteiger partial charge in [-0.05, 0) is 26.2 Å². The SMILES string of the molecule is CCC(=O)O.CCCCCC(C)C(C)(C)N. The fourth-order valence-electron chi connectivity index (χ4n) is 1.07. The Morgan fingerprint density at radius 2 is 1.75 bits per heavy atom. The summed E-state index contributed by atoms with van der Waals surface area (Å²) in [4.78, 5) is 9.37. The second kappa shape index (κ2) is 9.64. The standard InChI is InChI=1S/C10H23N.C3H6O2/c1-5-6-7-8-9(2)10(3,4)11;1-2-3(4)5/h9H,5-8,11H2,1-4H3;2H2,1H3,(H,4,5). The van der Waals surface area contributed by atoms with Crippen LogP contribution in [0.3, 0.4) is 0 Å². The smallest absolute Gasteiger partial charge is 0.303 e. The van der Waals surface area contributed by atoms with Crippen molar-refractivity contribution in [2.24, 2.45) is 11.7 Å². The highest BCUT2D eigenvalue weighted by atomic mass is 16.4. The van der Waals surface area contributed by atoms with E-state index in [9.17, 15) is 4.79 Å². The fourth-order valence-corrected chi connectivity index (χ4v) is 1.07. The summed E-state index contributed by atoms with van der Waals surface area (Å²) in [5.74, 6) is -0.0981. The predicted molar refractivity (Wildman–Crippen MR) is 69.5 cm³/mol. The Morgan fingerprint density at radius 3 is 2.00 bits per heavy atom. The first-order chi connectivity index (χ1) is 7.25. The third-order valence-electron chi connectivity index (χ3n) is 2.81. The fraction of sp³-hybridized carbons (Fsp3) is 0.923. The molecule has 0 saturated carbocycles. The van der Waals surface area contributed by atoms with Crippen LogP contribution in [0.15, 0.2) is 0 Å². The Hall–Kier alpha value is -0.570. The minimum Gasteiger partial charge on any atom is -0.481 e. The summed E-state index contributed by atoms with van der Waals surface area (Å²) in [7, 11) is 0. The molecule has 3 nitrogen and oxygen atoms in total. The maximum atomic E-state index is 9.37. The van der Waals surface area contributed by atoms with E-state index in [0.29, 0.717) is 5.92 Å². The third-order valence-corrected chi connectivity index (χ3v) is 2.81. The van der Waals surface area contributed by atoms with Crippen molar-refractivity contribution in [2.45, 2.75) is 72.3 Å². The van der Waals surface area contributed by atoms with E-state index in [4.69, 9.17) is 10.8 Å². The molecule has 0 aromatic heterocycles.